The minimum absolute atomic E-state index is 0.0120. The molecule has 1 aliphatic carbocycles. The highest BCUT2D eigenvalue weighted by Crippen LogP contribution is 2.21. The first kappa shape index (κ1) is 16.3. The maximum atomic E-state index is 12.3. The van der Waals surface area contributed by atoms with Crippen LogP contribution in [0.1, 0.15) is 24.1 Å². The highest BCUT2D eigenvalue weighted by atomic mass is 16.2. The van der Waals surface area contributed by atoms with Crippen molar-refractivity contribution >= 4 is 22.8 Å². The van der Waals surface area contributed by atoms with E-state index in [-0.39, 0.29) is 23.9 Å². The molecule has 1 saturated carbocycles. The van der Waals surface area contributed by atoms with Gasteiger partial charge >= 0.3 is 0 Å². The molecule has 1 aliphatic rings. The van der Waals surface area contributed by atoms with Gasteiger partial charge in [0.25, 0.3) is 0 Å². The molecule has 0 spiro atoms. The Labute approximate surface area is 149 Å². The molecular weight excluding hydrogens is 332 g/mol. The Bertz CT molecular complexity index is 911. The Morgan fingerprint density at radius 2 is 1.85 bits per heavy atom. The monoisotopic (exact) mass is 352 g/mol. The number of carbonyl (C=O) groups is 2. The van der Waals surface area contributed by atoms with Gasteiger partial charge in [0.2, 0.25) is 11.8 Å². The Morgan fingerprint density at radius 1 is 1.08 bits per heavy atom. The van der Waals surface area contributed by atoms with Crippen LogP contribution in [0, 0.1) is 0 Å². The van der Waals surface area contributed by atoms with E-state index in [1.165, 1.54) is 0 Å². The number of hydrogen-bond donors (Lipinski definition) is 4. The number of aromatic nitrogens is 4. The van der Waals surface area contributed by atoms with Crippen LogP contribution in [0.2, 0.25) is 0 Å². The van der Waals surface area contributed by atoms with Crippen molar-refractivity contribution in [2.75, 3.05) is 0 Å². The van der Waals surface area contributed by atoms with E-state index in [0.717, 1.165) is 35.1 Å². The number of fused-ring (bicyclic) bond motifs is 1. The van der Waals surface area contributed by atoms with E-state index in [9.17, 15) is 9.59 Å². The number of rotatable bonds is 6. The molecular formula is C18H20N6O2. The van der Waals surface area contributed by atoms with Gasteiger partial charge in [0, 0.05) is 41.8 Å². The number of aromatic amines is 2. The van der Waals surface area contributed by atoms with Crippen molar-refractivity contribution in [1.29, 1.82) is 0 Å². The van der Waals surface area contributed by atoms with E-state index in [1.54, 1.807) is 18.5 Å². The third-order valence-electron chi connectivity index (χ3n) is 4.67. The third kappa shape index (κ3) is 3.58. The summed E-state index contributed by atoms with van der Waals surface area (Å²) in [5.41, 5.74) is 2.52. The topological polar surface area (TPSA) is 116 Å². The van der Waals surface area contributed by atoms with Crippen LogP contribution in [-0.2, 0) is 22.4 Å². The SMILES string of the molecule is O=C(Cc1ccn[nH]1)NC1CC(NC(=O)Cc2c[nH]c3ncccc23)C1. The molecule has 3 heterocycles. The van der Waals surface area contributed by atoms with E-state index >= 15 is 0 Å². The first-order valence-electron chi connectivity index (χ1n) is 8.65. The third-order valence-corrected chi connectivity index (χ3v) is 4.67. The summed E-state index contributed by atoms with van der Waals surface area (Å²) >= 11 is 0. The number of carbonyl (C=O) groups excluding carboxylic acids is 2. The lowest BCUT2D eigenvalue weighted by molar-refractivity contribution is -0.122. The van der Waals surface area contributed by atoms with E-state index in [4.69, 9.17) is 0 Å². The first-order chi connectivity index (χ1) is 12.7. The first-order valence-corrected chi connectivity index (χ1v) is 8.65. The average molecular weight is 352 g/mol. The fourth-order valence-electron chi connectivity index (χ4n) is 3.30. The average Bonchev–Trinajstić information content (AvgIpc) is 3.23. The molecule has 0 unspecified atom stereocenters. The van der Waals surface area contributed by atoms with Crippen LogP contribution >= 0.6 is 0 Å². The molecule has 0 aromatic carbocycles. The largest absolute Gasteiger partial charge is 0.353 e. The number of H-pyrrole nitrogens is 2. The van der Waals surface area contributed by atoms with Crippen LogP contribution in [0.3, 0.4) is 0 Å². The summed E-state index contributed by atoms with van der Waals surface area (Å²) in [6.07, 6.45) is 7.31. The molecule has 0 radical (unpaired) electrons. The predicted molar refractivity (Wildman–Crippen MR) is 95.2 cm³/mol. The fraction of sp³-hybridized carbons (Fsp3) is 0.333. The van der Waals surface area contributed by atoms with Crippen molar-refractivity contribution in [2.24, 2.45) is 0 Å². The molecule has 4 rings (SSSR count). The number of nitrogens with zero attached hydrogens (tertiary/aromatic N) is 2. The quantitative estimate of drug-likeness (QED) is 0.526. The van der Waals surface area contributed by atoms with Gasteiger partial charge in [-0.3, -0.25) is 14.7 Å². The van der Waals surface area contributed by atoms with E-state index in [1.807, 2.05) is 18.3 Å². The van der Waals surface area contributed by atoms with E-state index in [2.05, 4.69) is 30.8 Å². The lowest BCUT2D eigenvalue weighted by atomic mass is 9.86. The zero-order valence-corrected chi connectivity index (χ0v) is 14.2. The van der Waals surface area contributed by atoms with Gasteiger partial charge in [-0.05, 0) is 36.6 Å². The molecule has 2 amide bonds. The van der Waals surface area contributed by atoms with Gasteiger partial charge in [-0.2, -0.15) is 5.10 Å². The second-order valence-electron chi connectivity index (χ2n) is 6.65. The van der Waals surface area contributed by atoms with Gasteiger partial charge in [0.1, 0.15) is 5.65 Å². The van der Waals surface area contributed by atoms with Crippen LogP contribution < -0.4 is 10.6 Å². The summed E-state index contributed by atoms with van der Waals surface area (Å²) in [4.78, 5) is 31.5. The Balaban J connectivity index is 1.21. The summed E-state index contributed by atoms with van der Waals surface area (Å²) in [5, 5.41) is 13.6. The predicted octanol–water partition coefficient (Wildman–Crippen LogP) is 0.835. The Morgan fingerprint density at radius 3 is 2.58 bits per heavy atom. The van der Waals surface area contributed by atoms with Crippen molar-refractivity contribution in [3.8, 4) is 0 Å². The second kappa shape index (κ2) is 6.99. The second-order valence-corrected chi connectivity index (χ2v) is 6.65. The highest BCUT2D eigenvalue weighted by molar-refractivity contribution is 5.87. The van der Waals surface area contributed by atoms with Gasteiger partial charge in [-0.15, -0.1) is 0 Å². The maximum absolute atomic E-state index is 12.3. The molecule has 26 heavy (non-hydrogen) atoms. The summed E-state index contributed by atoms with van der Waals surface area (Å²) < 4.78 is 0. The smallest absolute Gasteiger partial charge is 0.226 e. The molecule has 1 fully saturated rings. The zero-order chi connectivity index (χ0) is 17.9. The van der Waals surface area contributed by atoms with Crippen LogP contribution in [0.4, 0.5) is 0 Å². The molecule has 0 saturated heterocycles. The van der Waals surface area contributed by atoms with Crippen LogP contribution in [0.5, 0.6) is 0 Å². The molecule has 4 N–H and O–H groups in total. The van der Waals surface area contributed by atoms with Gasteiger partial charge in [0.15, 0.2) is 0 Å². The Hall–Kier alpha value is -3.16. The molecule has 134 valence electrons. The molecule has 8 heteroatoms. The van der Waals surface area contributed by atoms with Crippen molar-refractivity contribution in [3.05, 3.63) is 48.0 Å². The molecule has 3 aromatic heterocycles. The van der Waals surface area contributed by atoms with Gasteiger partial charge < -0.3 is 15.6 Å². The van der Waals surface area contributed by atoms with Crippen molar-refractivity contribution in [1.82, 2.24) is 30.8 Å². The van der Waals surface area contributed by atoms with E-state index in [0.29, 0.717) is 12.8 Å². The molecule has 0 aliphatic heterocycles. The summed E-state index contributed by atoms with van der Waals surface area (Å²) in [7, 11) is 0. The van der Waals surface area contributed by atoms with Gasteiger partial charge in [-0.25, -0.2) is 4.98 Å². The lowest BCUT2D eigenvalue weighted by Gasteiger charge is -2.36. The van der Waals surface area contributed by atoms with Crippen molar-refractivity contribution in [3.63, 3.8) is 0 Å². The van der Waals surface area contributed by atoms with Gasteiger partial charge in [-0.1, -0.05) is 0 Å². The van der Waals surface area contributed by atoms with Crippen molar-refractivity contribution in [2.45, 2.75) is 37.8 Å². The molecule has 0 bridgehead atoms. The van der Waals surface area contributed by atoms with Crippen LogP contribution in [0.25, 0.3) is 11.0 Å². The zero-order valence-electron chi connectivity index (χ0n) is 14.2. The normalized spacial score (nSPS) is 19.1. The Kier molecular flexibility index (Phi) is 4.39. The van der Waals surface area contributed by atoms with Gasteiger partial charge in [0.05, 0.1) is 12.8 Å². The highest BCUT2D eigenvalue weighted by Gasteiger charge is 2.31. The number of amides is 2. The standard InChI is InChI=1S/C18H20N6O2/c25-16(6-11-10-20-18-15(11)2-1-4-19-18)22-13-7-14(8-13)23-17(26)9-12-3-5-21-24-12/h1-5,10,13-14H,6-9H2,(H,19,20)(H,21,24)(H,22,25)(H,23,26). The number of pyridine rings is 1. The van der Waals surface area contributed by atoms with Crippen LogP contribution in [-0.4, -0.2) is 44.1 Å². The lowest BCUT2D eigenvalue weighted by Crippen LogP contribution is -2.54. The molecule has 3 aromatic rings. The van der Waals surface area contributed by atoms with Crippen LogP contribution in [0.15, 0.2) is 36.8 Å². The fourth-order valence-corrected chi connectivity index (χ4v) is 3.30. The minimum atomic E-state index is -0.0321. The van der Waals surface area contributed by atoms with E-state index < -0.39 is 0 Å². The summed E-state index contributed by atoms with van der Waals surface area (Å²) in [6, 6.07) is 5.83. The minimum Gasteiger partial charge on any atom is -0.353 e. The summed E-state index contributed by atoms with van der Waals surface area (Å²) in [5.74, 6) is -0.0442. The number of nitrogens with one attached hydrogen (secondary N) is 4. The van der Waals surface area contributed by atoms with Crippen molar-refractivity contribution < 1.29 is 9.59 Å². The number of hydrogen-bond acceptors (Lipinski definition) is 4. The maximum Gasteiger partial charge on any atom is 0.226 e. The summed E-state index contributed by atoms with van der Waals surface area (Å²) in [6.45, 7) is 0. The molecule has 0 atom stereocenters. The molecule has 8 nitrogen and oxygen atoms in total.